The Morgan fingerprint density at radius 3 is 2.46 bits per heavy atom. The maximum atomic E-state index is 5.33. The topological polar surface area (TPSA) is 59.5 Å². The number of nitrogens with one attached hydrogen (secondary N) is 1. The van der Waals surface area contributed by atoms with E-state index in [4.69, 9.17) is 9.47 Å². The Labute approximate surface area is 143 Å². The average molecular weight is 330 g/mol. The van der Waals surface area contributed by atoms with Gasteiger partial charge in [-0.1, -0.05) is 6.07 Å². The zero-order valence-corrected chi connectivity index (χ0v) is 14.9. The fourth-order valence-corrected chi connectivity index (χ4v) is 2.51. The summed E-state index contributed by atoms with van der Waals surface area (Å²) in [5.41, 5.74) is 1.17. The summed E-state index contributed by atoms with van der Waals surface area (Å²) in [4.78, 5) is 11.1. The van der Waals surface area contributed by atoms with Crippen LogP contribution in [-0.4, -0.2) is 43.8 Å². The van der Waals surface area contributed by atoms with Crippen LogP contribution in [0.15, 0.2) is 30.5 Å². The lowest BCUT2D eigenvalue weighted by atomic mass is 10.1. The van der Waals surface area contributed by atoms with Crippen molar-refractivity contribution in [1.29, 1.82) is 0 Å². The SMILES string of the molecule is CCN(CC)c1ccnc(NCCc2ccc(OC)c(OC)c2)n1. The van der Waals surface area contributed by atoms with Crippen molar-refractivity contribution in [3.05, 3.63) is 36.0 Å². The number of hydrogen-bond acceptors (Lipinski definition) is 6. The van der Waals surface area contributed by atoms with Crippen molar-refractivity contribution in [3.8, 4) is 11.5 Å². The molecule has 2 rings (SSSR count). The van der Waals surface area contributed by atoms with E-state index in [1.54, 1.807) is 20.4 Å². The Hall–Kier alpha value is -2.50. The summed E-state index contributed by atoms with van der Waals surface area (Å²) in [6.45, 7) is 6.85. The predicted molar refractivity (Wildman–Crippen MR) is 97.3 cm³/mol. The van der Waals surface area contributed by atoms with Crippen LogP contribution in [0.2, 0.25) is 0 Å². The molecule has 2 aromatic rings. The van der Waals surface area contributed by atoms with Gasteiger partial charge in [0.25, 0.3) is 0 Å². The molecule has 6 nitrogen and oxygen atoms in total. The Morgan fingerprint density at radius 1 is 1.04 bits per heavy atom. The Kier molecular flexibility index (Phi) is 6.66. The Morgan fingerprint density at radius 2 is 1.79 bits per heavy atom. The van der Waals surface area contributed by atoms with Gasteiger partial charge in [0.1, 0.15) is 5.82 Å². The highest BCUT2D eigenvalue weighted by Gasteiger charge is 2.06. The molecule has 0 aliphatic rings. The highest BCUT2D eigenvalue weighted by atomic mass is 16.5. The molecule has 0 unspecified atom stereocenters. The van der Waals surface area contributed by atoms with Crippen molar-refractivity contribution in [2.75, 3.05) is 44.1 Å². The minimum Gasteiger partial charge on any atom is -0.493 e. The fourth-order valence-electron chi connectivity index (χ4n) is 2.51. The largest absolute Gasteiger partial charge is 0.493 e. The minimum atomic E-state index is 0.653. The Bertz CT molecular complexity index is 645. The van der Waals surface area contributed by atoms with Crippen LogP contribution in [0, 0.1) is 0 Å². The van der Waals surface area contributed by atoms with Crippen LogP contribution in [0.3, 0.4) is 0 Å². The molecule has 6 heteroatoms. The molecule has 0 amide bonds. The number of ether oxygens (including phenoxy) is 2. The molecular formula is C18H26N4O2. The molecule has 0 saturated carbocycles. The van der Waals surface area contributed by atoms with E-state index in [1.165, 1.54) is 5.56 Å². The van der Waals surface area contributed by atoms with E-state index in [0.29, 0.717) is 5.95 Å². The zero-order chi connectivity index (χ0) is 17.4. The summed E-state index contributed by atoms with van der Waals surface area (Å²) in [7, 11) is 3.28. The van der Waals surface area contributed by atoms with Crippen molar-refractivity contribution in [3.63, 3.8) is 0 Å². The van der Waals surface area contributed by atoms with Gasteiger partial charge in [-0.2, -0.15) is 4.98 Å². The molecule has 1 heterocycles. The molecule has 0 radical (unpaired) electrons. The normalized spacial score (nSPS) is 10.3. The molecular weight excluding hydrogens is 304 g/mol. The maximum Gasteiger partial charge on any atom is 0.224 e. The summed E-state index contributed by atoms with van der Waals surface area (Å²) >= 11 is 0. The molecule has 130 valence electrons. The van der Waals surface area contributed by atoms with Gasteiger partial charge >= 0.3 is 0 Å². The molecule has 0 saturated heterocycles. The number of rotatable bonds is 9. The molecule has 24 heavy (non-hydrogen) atoms. The smallest absolute Gasteiger partial charge is 0.224 e. The summed E-state index contributed by atoms with van der Waals surface area (Å²) in [5, 5.41) is 3.28. The van der Waals surface area contributed by atoms with Gasteiger partial charge < -0.3 is 19.7 Å². The third-order valence-electron chi connectivity index (χ3n) is 3.87. The molecule has 0 aliphatic heterocycles. The second kappa shape index (κ2) is 8.96. The van der Waals surface area contributed by atoms with Gasteiger partial charge in [0.05, 0.1) is 14.2 Å². The number of hydrogen-bond donors (Lipinski definition) is 1. The van der Waals surface area contributed by atoms with E-state index in [9.17, 15) is 0 Å². The molecule has 0 atom stereocenters. The zero-order valence-electron chi connectivity index (χ0n) is 14.9. The van der Waals surface area contributed by atoms with Crippen LogP contribution < -0.4 is 19.7 Å². The number of anilines is 2. The van der Waals surface area contributed by atoms with Crippen LogP contribution >= 0.6 is 0 Å². The second-order valence-electron chi connectivity index (χ2n) is 5.28. The first-order chi connectivity index (χ1) is 11.7. The molecule has 1 aromatic heterocycles. The summed E-state index contributed by atoms with van der Waals surface area (Å²) in [6, 6.07) is 7.89. The van der Waals surface area contributed by atoms with E-state index in [0.717, 1.165) is 43.4 Å². The van der Waals surface area contributed by atoms with Crippen LogP contribution in [0.5, 0.6) is 11.5 Å². The highest BCUT2D eigenvalue weighted by Crippen LogP contribution is 2.27. The lowest BCUT2D eigenvalue weighted by Crippen LogP contribution is -2.23. The lowest BCUT2D eigenvalue weighted by Gasteiger charge is -2.19. The second-order valence-corrected chi connectivity index (χ2v) is 5.28. The van der Waals surface area contributed by atoms with Crippen molar-refractivity contribution in [2.24, 2.45) is 0 Å². The number of nitrogens with zero attached hydrogens (tertiary/aromatic N) is 3. The fraction of sp³-hybridized carbons (Fsp3) is 0.444. The predicted octanol–water partition coefficient (Wildman–Crippen LogP) is 2.99. The van der Waals surface area contributed by atoms with Gasteiger partial charge in [-0.3, -0.25) is 0 Å². The highest BCUT2D eigenvalue weighted by molar-refractivity contribution is 5.44. The molecule has 0 bridgehead atoms. The van der Waals surface area contributed by atoms with Crippen LogP contribution in [0.1, 0.15) is 19.4 Å². The van der Waals surface area contributed by atoms with Gasteiger partial charge in [-0.15, -0.1) is 0 Å². The van der Waals surface area contributed by atoms with Gasteiger partial charge in [-0.05, 0) is 44.0 Å². The standard InChI is InChI=1S/C18H26N4O2/c1-5-22(6-2)17-10-12-20-18(21-17)19-11-9-14-7-8-15(23-3)16(13-14)24-4/h7-8,10,12-13H,5-6,9,11H2,1-4H3,(H,19,20,21). The number of aromatic nitrogens is 2. The average Bonchev–Trinajstić information content (AvgIpc) is 2.63. The maximum absolute atomic E-state index is 5.33. The summed E-state index contributed by atoms with van der Waals surface area (Å²) in [5.74, 6) is 3.09. The van der Waals surface area contributed by atoms with E-state index in [-0.39, 0.29) is 0 Å². The molecule has 0 fully saturated rings. The first kappa shape index (κ1) is 17.8. The first-order valence-electron chi connectivity index (χ1n) is 8.24. The van der Waals surface area contributed by atoms with Gasteiger partial charge in [0, 0.05) is 25.8 Å². The molecule has 1 aromatic carbocycles. The van der Waals surface area contributed by atoms with E-state index in [1.807, 2.05) is 24.3 Å². The Balaban J connectivity index is 1.96. The number of benzene rings is 1. The summed E-state index contributed by atoms with van der Waals surface area (Å²) in [6.07, 6.45) is 2.64. The molecule has 0 spiro atoms. The van der Waals surface area contributed by atoms with Gasteiger partial charge in [0.15, 0.2) is 11.5 Å². The van der Waals surface area contributed by atoms with Crippen LogP contribution in [0.4, 0.5) is 11.8 Å². The van der Waals surface area contributed by atoms with Gasteiger partial charge in [0.2, 0.25) is 5.95 Å². The summed E-state index contributed by atoms with van der Waals surface area (Å²) < 4.78 is 10.6. The van der Waals surface area contributed by atoms with Crippen molar-refractivity contribution in [1.82, 2.24) is 9.97 Å². The number of methoxy groups -OCH3 is 2. The van der Waals surface area contributed by atoms with Crippen molar-refractivity contribution in [2.45, 2.75) is 20.3 Å². The molecule has 1 N–H and O–H groups in total. The lowest BCUT2D eigenvalue weighted by molar-refractivity contribution is 0.354. The van der Waals surface area contributed by atoms with E-state index in [2.05, 4.69) is 34.0 Å². The van der Waals surface area contributed by atoms with Crippen LogP contribution in [0.25, 0.3) is 0 Å². The van der Waals surface area contributed by atoms with E-state index < -0.39 is 0 Å². The molecule has 0 aliphatic carbocycles. The third kappa shape index (κ3) is 4.50. The monoisotopic (exact) mass is 330 g/mol. The minimum absolute atomic E-state index is 0.653. The first-order valence-corrected chi connectivity index (χ1v) is 8.24. The van der Waals surface area contributed by atoms with Crippen molar-refractivity contribution >= 4 is 11.8 Å². The van der Waals surface area contributed by atoms with Gasteiger partial charge in [-0.25, -0.2) is 4.98 Å². The quantitative estimate of drug-likeness (QED) is 0.763. The van der Waals surface area contributed by atoms with Crippen molar-refractivity contribution < 1.29 is 9.47 Å². The third-order valence-corrected chi connectivity index (χ3v) is 3.87. The van der Waals surface area contributed by atoms with Crippen LogP contribution in [-0.2, 0) is 6.42 Å². The van der Waals surface area contributed by atoms with E-state index >= 15 is 0 Å².